The molecule has 2 aromatic rings. The van der Waals surface area contributed by atoms with E-state index >= 15 is 0 Å². The number of carbonyl (C=O) groups is 1. The zero-order chi connectivity index (χ0) is 21.3. The van der Waals surface area contributed by atoms with Crippen LogP contribution in [0.2, 0.25) is 0 Å². The first-order valence-electron chi connectivity index (χ1n) is 10.1. The maximum absolute atomic E-state index is 13.3. The van der Waals surface area contributed by atoms with Gasteiger partial charge in [-0.15, -0.1) is 0 Å². The SMILES string of the molecule is O=C([C@H]1CCCN(S(=O)(=O)c2ccc(F)cc2)C1)N1CCCC[C@@H]1c1n[nH]c(=O)[nH]1. The van der Waals surface area contributed by atoms with Crippen LogP contribution >= 0.6 is 0 Å². The monoisotopic (exact) mass is 437 g/mol. The van der Waals surface area contributed by atoms with Crippen LogP contribution in [0.1, 0.15) is 44.0 Å². The number of aromatic nitrogens is 3. The summed E-state index contributed by atoms with van der Waals surface area (Å²) in [5.74, 6) is -0.671. The molecule has 0 aliphatic carbocycles. The average molecular weight is 437 g/mol. The molecule has 2 atom stereocenters. The summed E-state index contributed by atoms with van der Waals surface area (Å²) in [4.78, 5) is 29.1. The van der Waals surface area contributed by atoms with Gasteiger partial charge in [-0.2, -0.15) is 9.40 Å². The second kappa shape index (κ2) is 8.31. The van der Waals surface area contributed by atoms with E-state index in [9.17, 15) is 22.4 Å². The molecule has 0 unspecified atom stereocenters. The van der Waals surface area contributed by atoms with E-state index in [2.05, 4.69) is 15.2 Å². The Hall–Kier alpha value is -2.53. The fourth-order valence-corrected chi connectivity index (χ4v) is 5.80. The lowest BCUT2D eigenvalue weighted by Gasteiger charge is -2.39. The Balaban J connectivity index is 1.52. The van der Waals surface area contributed by atoms with E-state index in [1.54, 1.807) is 4.90 Å². The zero-order valence-electron chi connectivity index (χ0n) is 16.4. The summed E-state index contributed by atoms with van der Waals surface area (Å²) in [5, 5.41) is 6.34. The Morgan fingerprint density at radius 1 is 1.10 bits per heavy atom. The number of halogens is 1. The summed E-state index contributed by atoms with van der Waals surface area (Å²) in [6, 6.07) is 4.38. The molecule has 2 saturated heterocycles. The highest BCUT2D eigenvalue weighted by molar-refractivity contribution is 7.89. The van der Waals surface area contributed by atoms with Crippen molar-refractivity contribution in [3.8, 4) is 0 Å². The van der Waals surface area contributed by atoms with Gasteiger partial charge in [0.25, 0.3) is 0 Å². The van der Waals surface area contributed by atoms with E-state index in [4.69, 9.17) is 0 Å². The summed E-state index contributed by atoms with van der Waals surface area (Å²) >= 11 is 0. The Bertz CT molecular complexity index is 1070. The van der Waals surface area contributed by atoms with Gasteiger partial charge in [-0.05, 0) is 56.4 Å². The van der Waals surface area contributed by atoms with Crippen LogP contribution in [0.4, 0.5) is 4.39 Å². The van der Waals surface area contributed by atoms with E-state index in [-0.39, 0.29) is 23.4 Å². The minimum atomic E-state index is -3.81. The summed E-state index contributed by atoms with van der Waals surface area (Å²) in [6.07, 6.45) is 3.61. The van der Waals surface area contributed by atoms with E-state index in [1.807, 2.05) is 0 Å². The van der Waals surface area contributed by atoms with Crippen LogP contribution in [0.3, 0.4) is 0 Å². The van der Waals surface area contributed by atoms with Crippen LogP contribution in [-0.2, 0) is 14.8 Å². The van der Waals surface area contributed by atoms with Crippen molar-refractivity contribution in [3.05, 3.63) is 46.4 Å². The normalized spacial score (nSPS) is 23.4. The molecular weight excluding hydrogens is 413 g/mol. The second-order valence-electron chi connectivity index (χ2n) is 7.76. The minimum Gasteiger partial charge on any atom is -0.332 e. The van der Waals surface area contributed by atoms with Crippen molar-refractivity contribution >= 4 is 15.9 Å². The first-order chi connectivity index (χ1) is 14.4. The molecule has 4 rings (SSSR count). The van der Waals surface area contributed by atoms with Crippen LogP contribution in [0, 0.1) is 11.7 Å². The smallest absolute Gasteiger partial charge is 0.332 e. The Morgan fingerprint density at radius 3 is 2.57 bits per heavy atom. The molecule has 2 aliphatic rings. The molecule has 2 fully saturated rings. The summed E-state index contributed by atoms with van der Waals surface area (Å²) in [7, 11) is -3.81. The quantitative estimate of drug-likeness (QED) is 0.749. The summed E-state index contributed by atoms with van der Waals surface area (Å²) in [5.41, 5.74) is -0.419. The van der Waals surface area contributed by atoms with Gasteiger partial charge in [0.05, 0.1) is 16.9 Å². The predicted molar refractivity (Wildman–Crippen MR) is 105 cm³/mol. The molecule has 0 bridgehead atoms. The number of aromatic amines is 2. The van der Waals surface area contributed by atoms with Gasteiger partial charge in [0.2, 0.25) is 15.9 Å². The maximum atomic E-state index is 13.3. The number of piperidine rings is 2. The Morgan fingerprint density at radius 2 is 1.87 bits per heavy atom. The molecule has 1 aromatic carbocycles. The van der Waals surface area contributed by atoms with Crippen molar-refractivity contribution in [2.75, 3.05) is 19.6 Å². The van der Waals surface area contributed by atoms with E-state index in [0.29, 0.717) is 38.2 Å². The molecule has 0 saturated carbocycles. The van der Waals surface area contributed by atoms with Crippen LogP contribution in [0.5, 0.6) is 0 Å². The van der Waals surface area contributed by atoms with Crippen LogP contribution in [0.25, 0.3) is 0 Å². The van der Waals surface area contributed by atoms with Crippen LogP contribution in [0.15, 0.2) is 34.0 Å². The minimum absolute atomic E-state index is 0.0157. The molecular formula is C19H24FN5O4S. The molecule has 162 valence electrons. The number of hydrogen-bond acceptors (Lipinski definition) is 5. The lowest BCUT2D eigenvalue weighted by molar-refractivity contribution is -0.140. The average Bonchev–Trinajstić information content (AvgIpc) is 3.20. The zero-order valence-corrected chi connectivity index (χ0v) is 17.2. The summed E-state index contributed by atoms with van der Waals surface area (Å²) in [6.45, 7) is 0.943. The van der Waals surface area contributed by atoms with Crippen molar-refractivity contribution in [2.24, 2.45) is 5.92 Å². The third-order valence-electron chi connectivity index (χ3n) is 5.81. The topological polar surface area (TPSA) is 119 Å². The summed E-state index contributed by atoms with van der Waals surface area (Å²) < 4.78 is 40.4. The highest BCUT2D eigenvalue weighted by Crippen LogP contribution is 2.32. The number of sulfonamides is 1. The van der Waals surface area contributed by atoms with Crippen LogP contribution in [-0.4, -0.2) is 58.3 Å². The Kier molecular flexibility index (Phi) is 5.74. The molecule has 1 aromatic heterocycles. The van der Waals surface area contributed by atoms with E-state index in [1.165, 1.54) is 16.4 Å². The van der Waals surface area contributed by atoms with Gasteiger partial charge in [0.1, 0.15) is 5.82 Å². The molecule has 2 N–H and O–H groups in total. The molecule has 2 aliphatic heterocycles. The van der Waals surface area contributed by atoms with Crippen molar-refractivity contribution in [1.82, 2.24) is 24.4 Å². The largest absolute Gasteiger partial charge is 0.340 e. The number of rotatable bonds is 4. The number of H-pyrrole nitrogens is 2. The van der Waals surface area contributed by atoms with E-state index in [0.717, 1.165) is 25.0 Å². The fraction of sp³-hybridized carbons (Fsp3) is 0.526. The molecule has 0 spiro atoms. The standard InChI is InChI=1S/C19H24FN5O4S/c20-14-6-8-15(9-7-14)30(28,29)24-10-3-4-13(12-24)18(26)25-11-2-1-5-16(25)17-21-19(27)23-22-17/h6-9,13,16H,1-5,10-12H2,(H2,21,22,23,27)/t13-,16+/m0/s1. The highest BCUT2D eigenvalue weighted by Gasteiger charge is 2.38. The lowest BCUT2D eigenvalue weighted by Crippen LogP contribution is -2.48. The van der Waals surface area contributed by atoms with Crippen molar-refractivity contribution in [1.29, 1.82) is 0 Å². The van der Waals surface area contributed by atoms with Gasteiger partial charge in [-0.3, -0.25) is 9.78 Å². The molecule has 0 radical (unpaired) electrons. The lowest BCUT2D eigenvalue weighted by atomic mass is 9.94. The number of hydrogen-bond donors (Lipinski definition) is 2. The van der Waals surface area contributed by atoms with Gasteiger partial charge in [0, 0.05) is 19.6 Å². The van der Waals surface area contributed by atoms with E-state index < -0.39 is 27.4 Å². The highest BCUT2D eigenvalue weighted by atomic mass is 32.2. The van der Waals surface area contributed by atoms with Gasteiger partial charge in [0.15, 0.2) is 5.82 Å². The molecule has 3 heterocycles. The number of amides is 1. The molecule has 11 heteroatoms. The van der Waals surface area contributed by atoms with Gasteiger partial charge >= 0.3 is 5.69 Å². The van der Waals surface area contributed by atoms with Gasteiger partial charge < -0.3 is 4.90 Å². The molecule has 30 heavy (non-hydrogen) atoms. The molecule has 9 nitrogen and oxygen atoms in total. The second-order valence-corrected chi connectivity index (χ2v) is 9.70. The number of nitrogens with one attached hydrogen (secondary N) is 2. The van der Waals surface area contributed by atoms with Crippen molar-refractivity contribution < 1.29 is 17.6 Å². The van der Waals surface area contributed by atoms with Gasteiger partial charge in [-0.1, -0.05) is 0 Å². The number of benzene rings is 1. The predicted octanol–water partition coefficient (Wildman–Crippen LogP) is 1.39. The third-order valence-corrected chi connectivity index (χ3v) is 7.69. The number of likely N-dealkylation sites (tertiary alicyclic amines) is 1. The van der Waals surface area contributed by atoms with Crippen LogP contribution < -0.4 is 5.69 Å². The number of carbonyl (C=O) groups excluding carboxylic acids is 1. The first kappa shape index (κ1) is 20.7. The third kappa shape index (κ3) is 4.04. The van der Waals surface area contributed by atoms with Gasteiger partial charge in [-0.25, -0.2) is 22.7 Å². The number of nitrogens with zero attached hydrogens (tertiary/aromatic N) is 3. The molecule has 1 amide bonds. The maximum Gasteiger partial charge on any atom is 0.340 e. The Labute approximate surface area is 173 Å². The first-order valence-corrected chi connectivity index (χ1v) is 11.5. The van der Waals surface area contributed by atoms with Crippen molar-refractivity contribution in [2.45, 2.75) is 43.0 Å². The van der Waals surface area contributed by atoms with Crippen molar-refractivity contribution in [3.63, 3.8) is 0 Å². The fourth-order valence-electron chi connectivity index (χ4n) is 4.27.